The van der Waals surface area contributed by atoms with E-state index in [2.05, 4.69) is 18.7 Å². The van der Waals surface area contributed by atoms with Crippen LogP contribution in [0.3, 0.4) is 0 Å². The van der Waals surface area contributed by atoms with Crippen LogP contribution in [0.2, 0.25) is 0 Å². The third-order valence-electron chi connectivity index (χ3n) is 3.20. The molecule has 14 heavy (non-hydrogen) atoms. The van der Waals surface area contributed by atoms with Gasteiger partial charge in [-0.1, -0.05) is 33.1 Å². The van der Waals surface area contributed by atoms with E-state index in [1.807, 2.05) is 0 Å². The molecule has 0 bridgehead atoms. The zero-order valence-electron chi connectivity index (χ0n) is 9.71. The first-order valence-corrected chi connectivity index (χ1v) is 6.20. The number of β-amino-alcohol motifs (C(OH)–C–C–N with tert-alkyl or cyclic N) is 1. The minimum absolute atomic E-state index is 0.0614. The average molecular weight is 199 g/mol. The van der Waals surface area contributed by atoms with Gasteiger partial charge in [0.2, 0.25) is 0 Å². The zero-order valence-corrected chi connectivity index (χ0v) is 9.71. The zero-order chi connectivity index (χ0) is 10.4. The second-order valence-electron chi connectivity index (χ2n) is 4.53. The van der Waals surface area contributed by atoms with Crippen LogP contribution in [0.4, 0.5) is 0 Å². The molecule has 0 saturated carbocycles. The fraction of sp³-hybridized carbons (Fsp3) is 1.00. The molecule has 1 rings (SSSR count). The molecule has 1 fully saturated rings. The van der Waals surface area contributed by atoms with Gasteiger partial charge in [-0.25, -0.2) is 0 Å². The van der Waals surface area contributed by atoms with Crippen molar-refractivity contribution >= 4 is 0 Å². The van der Waals surface area contributed by atoms with E-state index >= 15 is 0 Å². The lowest BCUT2D eigenvalue weighted by Crippen LogP contribution is -2.30. The maximum absolute atomic E-state index is 9.63. The third kappa shape index (κ3) is 3.58. The highest BCUT2D eigenvalue weighted by atomic mass is 16.3. The molecule has 0 aromatic heterocycles. The Bertz CT molecular complexity index is 133. The molecule has 84 valence electrons. The molecule has 1 N–H and O–H groups in total. The van der Waals surface area contributed by atoms with Crippen molar-refractivity contribution in [3.8, 4) is 0 Å². The molecule has 0 amide bonds. The number of aliphatic hydroxyl groups excluding tert-OH is 1. The second kappa shape index (κ2) is 6.41. The predicted octanol–water partition coefficient (Wildman–Crippen LogP) is 2.41. The van der Waals surface area contributed by atoms with Crippen molar-refractivity contribution in [2.75, 3.05) is 13.1 Å². The summed E-state index contributed by atoms with van der Waals surface area (Å²) in [7, 11) is 0. The Hall–Kier alpha value is -0.0800. The van der Waals surface area contributed by atoms with Crippen LogP contribution in [0.1, 0.15) is 52.4 Å². The van der Waals surface area contributed by atoms with Gasteiger partial charge in [0.25, 0.3) is 0 Å². The SMILES string of the molecule is CCCCC1CC(O)CN1CCCC. The van der Waals surface area contributed by atoms with E-state index in [0.717, 1.165) is 13.0 Å². The third-order valence-corrected chi connectivity index (χ3v) is 3.20. The fourth-order valence-electron chi connectivity index (χ4n) is 2.33. The van der Waals surface area contributed by atoms with Crippen molar-refractivity contribution in [1.29, 1.82) is 0 Å². The minimum Gasteiger partial charge on any atom is -0.392 e. The highest BCUT2D eigenvalue weighted by Gasteiger charge is 2.29. The molecular weight excluding hydrogens is 174 g/mol. The lowest BCUT2D eigenvalue weighted by molar-refractivity contribution is 0.174. The molecule has 2 unspecified atom stereocenters. The van der Waals surface area contributed by atoms with Crippen molar-refractivity contribution < 1.29 is 5.11 Å². The maximum Gasteiger partial charge on any atom is 0.0682 e. The van der Waals surface area contributed by atoms with Gasteiger partial charge in [0.15, 0.2) is 0 Å². The van der Waals surface area contributed by atoms with E-state index in [4.69, 9.17) is 0 Å². The van der Waals surface area contributed by atoms with Crippen molar-refractivity contribution in [1.82, 2.24) is 4.90 Å². The minimum atomic E-state index is -0.0614. The number of nitrogens with zero attached hydrogens (tertiary/aromatic N) is 1. The van der Waals surface area contributed by atoms with Crippen molar-refractivity contribution in [2.45, 2.75) is 64.5 Å². The molecule has 2 heteroatoms. The molecule has 2 nitrogen and oxygen atoms in total. The van der Waals surface area contributed by atoms with Crippen molar-refractivity contribution in [3.63, 3.8) is 0 Å². The lowest BCUT2D eigenvalue weighted by Gasteiger charge is -2.23. The highest BCUT2D eigenvalue weighted by molar-refractivity contribution is 4.84. The number of likely N-dealkylation sites (tertiary alicyclic amines) is 1. The molecule has 0 aromatic carbocycles. The number of aliphatic hydroxyl groups is 1. The van der Waals surface area contributed by atoms with Gasteiger partial charge in [0.05, 0.1) is 6.10 Å². The summed E-state index contributed by atoms with van der Waals surface area (Å²) in [5.74, 6) is 0. The van der Waals surface area contributed by atoms with Gasteiger partial charge in [-0.05, 0) is 25.8 Å². The van der Waals surface area contributed by atoms with Gasteiger partial charge in [-0.3, -0.25) is 4.90 Å². The van der Waals surface area contributed by atoms with Gasteiger partial charge in [-0.15, -0.1) is 0 Å². The summed E-state index contributed by atoms with van der Waals surface area (Å²) in [5.41, 5.74) is 0. The summed E-state index contributed by atoms with van der Waals surface area (Å²) in [5, 5.41) is 9.63. The predicted molar refractivity (Wildman–Crippen MR) is 60.4 cm³/mol. The van der Waals surface area contributed by atoms with Crippen molar-refractivity contribution in [2.24, 2.45) is 0 Å². The number of hydrogen-bond donors (Lipinski definition) is 1. The van der Waals surface area contributed by atoms with E-state index in [9.17, 15) is 5.11 Å². The Morgan fingerprint density at radius 2 is 1.93 bits per heavy atom. The molecule has 0 radical (unpaired) electrons. The van der Waals surface area contributed by atoms with Crippen LogP contribution in [0, 0.1) is 0 Å². The number of hydrogen-bond acceptors (Lipinski definition) is 2. The first kappa shape index (κ1) is 12.0. The van der Waals surface area contributed by atoms with E-state index in [1.54, 1.807) is 0 Å². The van der Waals surface area contributed by atoms with E-state index in [1.165, 1.54) is 38.6 Å². The average Bonchev–Trinajstić information content (AvgIpc) is 2.52. The molecule has 0 aliphatic carbocycles. The normalized spacial score (nSPS) is 28.5. The molecule has 1 saturated heterocycles. The smallest absolute Gasteiger partial charge is 0.0682 e. The van der Waals surface area contributed by atoms with E-state index < -0.39 is 0 Å². The highest BCUT2D eigenvalue weighted by Crippen LogP contribution is 2.22. The Labute approximate surface area is 88.3 Å². The molecule has 0 aromatic rings. The molecule has 0 spiro atoms. The van der Waals surface area contributed by atoms with Gasteiger partial charge >= 0.3 is 0 Å². The molecule has 2 atom stereocenters. The number of unbranched alkanes of at least 4 members (excludes halogenated alkanes) is 2. The van der Waals surface area contributed by atoms with Gasteiger partial charge < -0.3 is 5.11 Å². The molecule has 1 heterocycles. The first-order chi connectivity index (χ1) is 6.77. The lowest BCUT2D eigenvalue weighted by atomic mass is 10.1. The standard InChI is InChI=1S/C12H25NO/c1-3-5-7-11-9-12(14)10-13(11)8-6-4-2/h11-12,14H,3-10H2,1-2H3. The van der Waals surface area contributed by atoms with Crippen LogP contribution >= 0.6 is 0 Å². The van der Waals surface area contributed by atoms with Gasteiger partial charge in [0, 0.05) is 12.6 Å². The van der Waals surface area contributed by atoms with Crippen LogP contribution < -0.4 is 0 Å². The summed E-state index contributed by atoms with van der Waals surface area (Å²) in [6.07, 6.45) is 7.33. The topological polar surface area (TPSA) is 23.5 Å². The Balaban J connectivity index is 2.29. The van der Waals surface area contributed by atoms with E-state index in [0.29, 0.717) is 6.04 Å². The van der Waals surface area contributed by atoms with Gasteiger partial charge in [0.1, 0.15) is 0 Å². The maximum atomic E-state index is 9.63. The Morgan fingerprint density at radius 3 is 2.57 bits per heavy atom. The molecule has 1 aliphatic rings. The van der Waals surface area contributed by atoms with Crippen molar-refractivity contribution in [3.05, 3.63) is 0 Å². The summed E-state index contributed by atoms with van der Waals surface area (Å²) < 4.78 is 0. The summed E-state index contributed by atoms with van der Waals surface area (Å²) in [4.78, 5) is 2.49. The van der Waals surface area contributed by atoms with Crippen LogP contribution in [0.15, 0.2) is 0 Å². The number of rotatable bonds is 6. The van der Waals surface area contributed by atoms with Crippen LogP contribution in [-0.2, 0) is 0 Å². The Kier molecular flexibility index (Phi) is 5.49. The van der Waals surface area contributed by atoms with Crippen LogP contribution in [0.25, 0.3) is 0 Å². The molecule has 1 aliphatic heterocycles. The monoisotopic (exact) mass is 199 g/mol. The summed E-state index contributed by atoms with van der Waals surface area (Å²) in [6.45, 7) is 6.56. The largest absolute Gasteiger partial charge is 0.392 e. The van der Waals surface area contributed by atoms with E-state index in [-0.39, 0.29) is 6.10 Å². The quantitative estimate of drug-likeness (QED) is 0.710. The van der Waals surface area contributed by atoms with Gasteiger partial charge in [-0.2, -0.15) is 0 Å². The first-order valence-electron chi connectivity index (χ1n) is 6.20. The second-order valence-corrected chi connectivity index (χ2v) is 4.53. The van der Waals surface area contributed by atoms with Crippen LogP contribution in [0.5, 0.6) is 0 Å². The molecular formula is C12H25NO. The Morgan fingerprint density at radius 1 is 1.21 bits per heavy atom. The van der Waals surface area contributed by atoms with Crippen LogP contribution in [-0.4, -0.2) is 35.2 Å². The summed E-state index contributed by atoms with van der Waals surface area (Å²) >= 11 is 0. The fourth-order valence-corrected chi connectivity index (χ4v) is 2.33. The summed E-state index contributed by atoms with van der Waals surface area (Å²) in [6, 6.07) is 0.663.